The molecule has 1 unspecified atom stereocenters. The van der Waals surface area contributed by atoms with E-state index < -0.39 is 10.8 Å². The van der Waals surface area contributed by atoms with Crippen LogP contribution in [0.4, 0.5) is 0 Å². The number of Topliss-reactive ketones (excluding diaryl/α,β-unsaturated/α-hetero) is 2. The molecule has 0 bridgehead atoms. The molecule has 2 fully saturated rings. The second-order valence-corrected chi connectivity index (χ2v) is 4.58. The van der Waals surface area contributed by atoms with Gasteiger partial charge in [0.15, 0.2) is 5.78 Å². The summed E-state index contributed by atoms with van der Waals surface area (Å²) in [7, 11) is 0. The smallest absolute Gasteiger partial charge is 0.159 e. The number of alkyl halides is 1. The van der Waals surface area contributed by atoms with Crippen molar-refractivity contribution in [1.82, 2.24) is 0 Å². The molecule has 2 saturated carbocycles. The van der Waals surface area contributed by atoms with E-state index in [1.807, 2.05) is 0 Å². The molecule has 2 aliphatic rings. The zero-order valence-corrected chi connectivity index (χ0v) is 8.27. The molecule has 0 radical (unpaired) electrons. The minimum atomic E-state index is -0.528. The Balaban J connectivity index is 2.28. The second kappa shape index (κ2) is 3.09. The fraction of sp³-hybridized carbons (Fsp3) is 0.800. The first-order chi connectivity index (χ1) is 6.17. The molecule has 2 aliphatic carbocycles. The third kappa shape index (κ3) is 1.23. The summed E-state index contributed by atoms with van der Waals surface area (Å²) < 4.78 is 0. The predicted molar refractivity (Wildman–Crippen MR) is 49.8 cm³/mol. The van der Waals surface area contributed by atoms with Crippen LogP contribution >= 0.6 is 11.6 Å². The molecule has 0 aromatic carbocycles. The van der Waals surface area contributed by atoms with E-state index in [9.17, 15) is 9.59 Å². The summed E-state index contributed by atoms with van der Waals surface area (Å²) in [6.07, 6.45) is 4.99. The van der Waals surface area contributed by atoms with Gasteiger partial charge in [-0.05, 0) is 12.8 Å². The van der Waals surface area contributed by atoms with E-state index in [4.69, 9.17) is 11.6 Å². The summed E-state index contributed by atoms with van der Waals surface area (Å²) in [5.41, 5.74) is -0.461. The molecule has 13 heavy (non-hydrogen) atoms. The highest BCUT2D eigenvalue weighted by molar-refractivity contribution is 6.38. The molecule has 0 N–H and O–H groups in total. The van der Waals surface area contributed by atoms with Crippen molar-refractivity contribution in [2.24, 2.45) is 5.41 Å². The van der Waals surface area contributed by atoms with E-state index in [1.54, 1.807) is 0 Å². The zero-order valence-electron chi connectivity index (χ0n) is 7.51. The lowest BCUT2D eigenvalue weighted by Gasteiger charge is -2.33. The van der Waals surface area contributed by atoms with Gasteiger partial charge < -0.3 is 0 Å². The van der Waals surface area contributed by atoms with Gasteiger partial charge in [0.2, 0.25) is 0 Å². The highest BCUT2D eigenvalue weighted by atomic mass is 35.5. The summed E-state index contributed by atoms with van der Waals surface area (Å²) in [4.78, 5) is 23.0. The summed E-state index contributed by atoms with van der Waals surface area (Å²) in [5.74, 6) is 0.0331. The monoisotopic (exact) mass is 200 g/mol. The first-order valence-corrected chi connectivity index (χ1v) is 5.30. The lowest BCUT2D eigenvalue weighted by Crippen LogP contribution is -2.36. The number of hydrogen-bond acceptors (Lipinski definition) is 2. The van der Waals surface area contributed by atoms with Gasteiger partial charge in [0.25, 0.3) is 0 Å². The van der Waals surface area contributed by atoms with Crippen molar-refractivity contribution < 1.29 is 9.59 Å². The van der Waals surface area contributed by atoms with E-state index in [0.717, 1.165) is 25.7 Å². The fourth-order valence-corrected chi connectivity index (χ4v) is 3.01. The Kier molecular flexibility index (Phi) is 2.18. The molecule has 1 spiro atoms. The highest BCUT2D eigenvalue weighted by Gasteiger charge is 2.53. The van der Waals surface area contributed by atoms with E-state index in [0.29, 0.717) is 0 Å². The minimum Gasteiger partial charge on any atom is -0.299 e. The molecular formula is C10H13ClO2. The Morgan fingerprint density at radius 1 is 1.15 bits per heavy atom. The van der Waals surface area contributed by atoms with Crippen LogP contribution in [0, 0.1) is 5.41 Å². The standard InChI is InChI=1S/C10H13ClO2/c11-9-7(12)6-8(13)10(9)4-2-1-3-5-10/h9H,1-6H2. The van der Waals surface area contributed by atoms with Crippen LogP contribution in [0.1, 0.15) is 38.5 Å². The van der Waals surface area contributed by atoms with Gasteiger partial charge >= 0.3 is 0 Å². The van der Waals surface area contributed by atoms with E-state index >= 15 is 0 Å². The average molecular weight is 201 g/mol. The maximum absolute atomic E-state index is 11.7. The first-order valence-electron chi connectivity index (χ1n) is 4.87. The third-order valence-electron chi connectivity index (χ3n) is 3.40. The van der Waals surface area contributed by atoms with Gasteiger partial charge in [-0.3, -0.25) is 9.59 Å². The molecule has 72 valence electrons. The number of halogens is 1. The van der Waals surface area contributed by atoms with Gasteiger partial charge in [-0.25, -0.2) is 0 Å². The molecule has 2 rings (SSSR count). The van der Waals surface area contributed by atoms with Crippen molar-refractivity contribution in [3.8, 4) is 0 Å². The maximum Gasteiger partial charge on any atom is 0.159 e. The molecular weight excluding hydrogens is 188 g/mol. The molecule has 0 aromatic heterocycles. The molecule has 0 aromatic rings. The summed E-state index contributed by atoms with van der Waals surface area (Å²) >= 11 is 6.02. The summed E-state index contributed by atoms with van der Waals surface area (Å²) in [6, 6.07) is 0. The van der Waals surface area contributed by atoms with Crippen LogP contribution in [0.2, 0.25) is 0 Å². The first kappa shape index (κ1) is 9.20. The van der Waals surface area contributed by atoms with Crippen LogP contribution < -0.4 is 0 Å². The fourth-order valence-electron chi connectivity index (χ4n) is 2.59. The van der Waals surface area contributed by atoms with Gasteiger partial charge in [-0.15, -0.1) is 11.6 Å². The summed E-state index contributed by atoms with van der Waals surface area (Å²) in [6.45, 7) is 0. The number of rotatable bonds is 0. The van der Waals surface area contributed by atoms with Crippen LogP contribution in [0.25, 0.3) is 0 Å². The zero-order chi connectivity index (χ0) is 9.47. The number of ketones is 2. The number of carbonyl (C=O) groups is 2. The Morgan fingerprint density at radius 3 is 2.23 bits per heavy atom. The molecule has 0 heterocycles. The van der Waals surface area contributed by atoms with Crippen molar-refractivity contribution in [2.45, 2.75) is 43.9 Å². The van der Waals surface area contributed by atoms with Crippen LogP contribution in [0.3, 0.4) is 0 Å². The van der Waals surface area contributed by atoms with Crippen LogP contribution in [0.15, 0.2) is 0 Å². The largest absolute Gasteiger partial charge is 0.299 e. The van der Waals surface area contributed by atoms with Gasteiger partial charge in [0, 0.05) is 0 Å². The van der Waals surface area contributed by atoms with Crippen molar-refractivity contribution >= 4 is 23.2 Å². The van der Waals surface area contributed by atoms with Gasteiger partial charge in [0.1, 0.15) is 11.2 Å². The van der Waals surface area contributed by atoms with Crippen molar-refractivity contribution in [2.75, 3.05) is 0 Å². The molecule has 0 saturated heterocycles. The quantitative estimate of drug-likeness (QED) is 0.443. The topological polar surface area (TPSA) is 34.1 Å². The second-order valence-electron chi connectivity index (χ2n) is 4.15. The van der Waals surface area contributed by atoms with Crippen LogP contribution in [-0.2, 0) is 9.59 Å². The highest BCUT2D eigenvalue weighted by Crippen LogP contribution is 2.47. The lowest BCUT2D eigenvalue weighted by molar-refractivity contribution is -0.127. The summed E-state index contributed by atoms with van der Waals surface area (Å²) in [5, 5.41) is -0.528. The number of hydrogen-bond donors (Lipinski definition) is 0. The van der Waals surface area contributed by atoms with Gasteiger partial charge in [0.05, 0.1) is 11.8 Å². The Morgan fingerprint density at radius 2 is 1.77 bits per heavy atom. The van der Waals surface area contributed by atoms with Gasteiger partial charge in [-0.1, -0.05) is 19.3 Å². The molecule has 0 amide bonds. The third-order valence-corrected chi connectivity index (χ3v) is 4.06. The van der Waals surface area contributed by atoms with E-state index in [1.165, 1.54) is 6.42 Å². The molecule has 2 nitrogen and oxygen atoms in total. The van der Waals surface area contributed by atoms with Gasteiger partial charge in [-0.2, -0.15) is 0 Å². The van der Waals surface area contributed by atoms with Crippen LogP contribution in [-0.4, -0.2) is 16.9 Å². The SMILES string of the molecule is O=C1CC(=O)C2(CCCCC2)C1Cl. The molecule has 0 aliphatic heterocycles. The lowest BCUT2D eigenvalue weighted by atomic mass is 9.72. The Hall–Kier alpha value is -0.370. The molecule has 3 heteroatoms. The van der Waals surface area contributed by atoms with Crippen LogP contribution in [0.5, 0.6) is 0 Å². The Bertz CT molecular complexity index is 254. The number of carbonyl (C=O) groups excluding carboxylic acids is 2. The molecule has 1 atom stereocenters. The van der Waals surface area contributed by atoms with Crippen molar-refractivity contribution in [1.29, 1.82) is 0 Å². The van der Waals surface area contributed by atoms with E-state index in [-0.39, 0.29) is 18.0 Å². The Labute approximate surface area is 82.6 Å². The normalized spacial score (nSPS) is 32.8. The minimum absolute atomic E-state index is 0.0615. The van der Waals surface area contributed by atoms with E-state index in [2.05, 4.69) is 0 Å². The van der Waals surface area contributed by atoms with Crippen molar-refractivity contribution in [3.05, 3.63) is 0 Å². The maximum atomic E-state index is 11.7. The van der Waals surface area contributed by atoms with Crippen molar-refractivity contribution in [3.63, 3.8) is 0 Å². The average Bonchev–Trinajstić information content (AvgIpc) is 2.34. The predicted octanol–water partition coefficient (Wildman–Crippen LogP) is 2.09.